The maximum atomic E-state index is 6.47. The maximum Gasteiger partial charge on any atom is 0.0832 e. The number of hydrogen-bond donors (Lipinski definition) is 1. The van der Waals surface area contributed by atoms with Gasteiger partial charge in [-0.1, -0.05) is 0 Å². The molecule has 0 unspecified atom stereocenters. The molecule has 0 aromatic heterocycles. The number of halogens is 3. The summed E-state index contributed by atoms with van der Waals surface area (Å²) in [5.41, 5.74) is 0. The Kier molecular flexibility index (Phi) is 78.4. The molecule has 0 saturated heterocycles. The first kappa shape index (κ1) is 15.6. The molecule has 0 atom stereocenters. The molecule has 0 fully saturated rings. The molecule has 0 aliphatic heterocycles. The molecule has 0 amide bonds. The molecule has 0 aromatic carbocycles. The Morgan fingerprint density at radius 3 is 1.17 bits per heavy atom. The molecule has 0 aliphatic carbocycles. The van der Waals surface area contributed by atoms with Gasteiger partial charge in [0.25, 0.3) is 0 Å². The van der Waals surface area contributed by atoms with Crippen LogP contribution in [0.5, 0.6) is 0 Å². The second-order valence-corrected chi connectivity index (χ2v) is 0.525. The van der Waals surface area contributed by atoms with Gasteiger partial charge in [-0.2, -0.15) is 3.84 Å². The van der Waals surface area contributed by atoms with E-state index in [2.05, 4.69) is 39.4 Å². The van der Waals surface area contributed by atoms with Crippen LogP contribution in [0, 0.1) is 0 Å². The smallest absolute Gasteiger partial charge is 0.0832 e. The van der Waals surface area contributed by atoms with Crippen molar-refractivity contribution < 1.29 is 34.7 Å². The zero-order valence-electron chi connectivity index (χ0n) is 2.49. The first-order valence-electron chi connectivity index (χ1n) is 0.478. The molecule has 0 radical (unpaired) electrons. The van der Waals surface area contributed by atoms with E-state index in [-0.39, 0.29) is 26.2 Å². The third-order valence-electron chi connectivity index (χ3n) is 0. The van der Waals surface area contributed by atoms with Crippen LogP contribution in [-0.2, 0) is 30.0 Å². The van der Waals surface area contributed by atoms with Crippen LogP contribution in [0.2, 0.25) is 0 Å². The van der Waals surface area contributed by atoms with E-state index in [1.165, 1.54) is 0 Å². The summed E-state index contributed by atoms with van der Waals surface area (Å²) in [5, 5.41) is 0. The fraction of sp³-hybridized carbons (Fsp3) is 0. The predicted molar refractivity (Wildman–Crippen MR) is 20.9 cm³/mol. The molecule has 0 saturated carbocycles. The quantitative estimate of drug-likeness (QED) is 0.682. The van der Waals surface area contributed by atoms with Crippen molar-refractivity contribution in [2.45, 2.75) is 0 Å². The fourth-order valence-corrected chi connectivity index (χ4v) is 0. The molecule has 38 valence electrons. The minimum atomic E-state index is 0. The van der Waals surface area contributed by atoms with Crippen molar-refractivity contribution in [2.24, 2.45) is 0 Å². The summed E-state index contributed by atoms with van der Waals surface area (Å²) in [6.07, 6.45) is 0. The van der Waals surface area contributed by atoms with Crippen molar-refractivity contribution in [3.8, 4) is 0 Å². The zero-order chi connectivity index (χ0) is 4.71. The normalized spacial score (nSPS) is 4.00. The molecular weight excluding hydrogens is 230 g/mol. The van der Waals surface area contributed by atoms with Gasteiger partial charge >= 0.3 is 0 Å². The minimum Gasteiger partial charge on any atom is -0.295 e. The Balaban J connectivity index is -0.0000000275. The first-order chi connectivity index (χ1) is 2.41. The Morgan fingerprint density at radius 1 is 1.17 bits per heavy atom. The van der Waals surface area contributed by atoms with Crippen LogP contribution < -0.4 is 0 Å². The molecule has 0 aliphatic rings. The third-order valence-corrected chi connectivity index (χ3v) is 0. The van der Waals surface area contributed by atoms with E-state index in [0.29, 0.717) is 0 Å². The standard InChI is InChI=1S/Cl2O.ClHO.Zr/c1-3-2;1-2;/h;2H;. The molecule has 0 bridgehead atoms. The van der Waals surface area contributed by atoms with Crippen molar-refractivity contribution in [3.63, 3.8) is 0 Å². The Labute approximate surface area is 70.0 Å². The summed E-state index contributed by atoms with van der Waals surface area (Å²) in [4.78, 5) is 0. The summed E-state index contributed by atoms with van der Waals surface area (Å²) in [6, 6.07) is 0. The van der Waals surface area contributed by atoms with Gasteiger partial charge in [-0.05, 0) is 0 Å². The number of hydrogen-bond acceptors (Lipinski definition) is 2. The van der Waals surface area contributed by atoms with Gasteiger partial charge in [0.1, 0.15) is 0 Å². The molecule has 0 heterocycles. The zero-order valence-corrected chi connectivity index (χ0v) is 7.22. The second kappa shape index (κ2) is 30.1. The summed E-state index contributed by atoms with van der Waals surface area (Å²) in [5.74, 6) is 0. The summed E-state index contributed by atoms with van der Waals surface area (Å²) >= 11 is 12.2. The van der Waals surface area contributed by atoms with E-state index in [4.69, 9.17) is 4.66 Å². The van der Waals surface area contributed by atoms with Crippen LogP contribution in [0.4, 0.5) is 0 Å². The summed E-state index contributed by atoms with van der Waals surface area (Å²) in [7, 11) is 0. The Bertz CT molecular complexity index is 8.75. The molecule has 6 heteroatoms. The Morgan fingerprint density at radius 2 is 1.17 bits per heavy atom. The average Bonchev–Trinajstić information content (AvgIpc) is 1.46. The molecule has 1 N–H and O–H groups in total. The molecular formula is HCl3O2Zr. The number of rotatable bonds is 0. The van der Waals surface area contributed by atoms with Crippen molar-refractivity contribution >= 4 is 35.6 Å². The maximum absolute atomic E-state index is 6.47. The minimum absolute atomic E-state index is 0. The van der Waals surface area contributed by atoms with Crippen molar-refractivity contribution in [1.29, 1.82) is 0 Å². The van der Waals surface area contributed by atoms with Crippen LogP contribution in [0.25, 0.3) is 0 Å². The van der Waals surface area contributed by atoms with Gasteiger partial charge in [0.2, 0.25) is 0 Å². The van der Waals surface area contributed by atoms with Crippen LogP contribution >= 0.6 is 35.6 Å². The molecule has 0 aromatic rings. The van der Waals surface area contributed by atoms with Gasteiger partial charge in [-0.15, -0.1) is 0 Å². The van der Waals surface area contributed by atoms with Gasteiger partial charge in [0.05, 0.1) is 35.6 Å². The van der Waals surface area contributed by atoms with Gasteiger partial charge in [-0.25, -0.2) is 0 Å². The largest absolute Gasteiger partial charge is 0.295 e. The van der Waals surface area contributed by atoms with Gasteiger partial charge in [-0.3, -0.25) is 4.66 Å². The van der Waals surface area contributed by atoms with Crippen LogP contribution in [0.15, 0.2) is 0 Å². The molecule has 6 heavy (non-hydrogen) atoms. The first-order valence-corrected chi connectivity index (χ1v) is 1.43. The van der Waals surface area contributed by atoms with Crippen molar-refractivity contribution in [1.82, 2.24) is 0 Å². The average molecular weight is 231 g/mol. The van der Waals surface area contributed by atoms with Crippen LogP contribution in [0.3, 0.4) is 0 Å². The third kappa shape index (κ3) is 44.3. The topological polar surface area (TPSA) is 29.5 Å². The Hall–Kier alpha value is 1.67. The summed E-state index contributed by atoms with van der Waals surface area (Å²) < 4.78 is 9.67. The SMILES string of the molecule is ClOCl.OCl.[Zr]. The van der Waals surface area contributed by atoms with E-state index >= 15 is 0 Å². The van der Waals surface area contributed by atoms with Gasteiger partial charge in [0.15, 0.2) is 0 Å². The van der Waals surface area contributed by atoms with Crippen LogP contribution in [0.1, 0.15) is 0 Å². The monoisotopic (exact) mass is 228 g/mol. The predicted octanol–water partition coefficient (Wildman–Crippen LogP) is 1.44. The second-order valence-electron chi connectivity index (χ2n) is 0.0583. The fourth-order valence-electron chi connectivity index (χ4n) is 0. The van der Waals surface area contributed by atoms with E-state index < -0.39 is 0 Å². The van der Waals surface area contributed by atoms with E-state index in [1.54, 1.807) is 0 Å². The van der Waals surface area contributed by atoms with Crippen LogP contribution in [-0.4, -0.2) is 4.66 Å². The van der Waals surface area contributed by atoms with Gasteiger partial charge in [0, 0.05) is 26.2 Å². The molecule has 0 spiro atoms. The summed E-state index contributed by atoms with van der Waals surface area (Å²) in [6.45, 7) is 0. The molecule has 2 nitrogen and oxygen atoms in total. The molecule has 0 rings (SSSR count). The van der Waals surface area contributed by atoms with Crippen molar-refractivity contribution in [3.05, 3.63) is 0 Å². The van der Waals surface area contributed by atoms with Crippen molar-refractivity contribution in [2.75, 3.05) is 0 Å². The van der Waals surface area contributed by atoms with E-state index in [1.807, 2.05) is 0 Å². The van der Waals surface area contributed by atoms with E-state index in [0.717, 1.165) is 0 Å². The van der Waals surface area contributed by atoms with Gasteiger partial charge < -0.3 is 0 Å². The van der Waals surface area contributed by atoms with E-state index in [9.17, 15) is 0 Å².